The van der Waals surface area contributed by atoms with Crippen molar-refractivity contribution >= 4 is 17.7 Å². The Bertz CT molecular complexity index is 1200. The second-order valence-corrected chi connectivity index (χ2v) is 8.90. The van der Waals surface area contributed by atoms with E-state index in [1.807, 2.05) is 0 Å². The number of anilines is 2. The first-order valence-corrected chi connectivity index (χ1v) is 11.5. The molecule has 1 spiro atoms. The highest BCUT2D eigenvalue weighted by molar-refractivity contribution is 5.89. The number of hydrogen-bond acceptors (Lipinski definition) is 8. The van der Waals surface area contributed by atoms with Crippen molar-refractivity contribution in [3.63, 3.8) is 0 Å². The van der Waals surface area contributed by atoms with Crippen LogP contribution >= 0.6 is 0 Å². The smallest absolute Gasteiger partial charge is 0.419 e. The molecule has 0 bridgehead atoms. The highest BCUT2D eigenvalue weighted by Gasteiger charge is 2.48. The zero-order valence-electron chi connectivity index (χ0n) is 19.1. The molecule has 36 heavy (non-hydrogen) atoms. The number of carbonyl (C=O) groups is 1. The largest absolute Gasteiger partial charge is 0.441 e. The van der Waals surface area contributed by atoms with Crippen LogP contribution in [0.2, 0.25) is 0 Å². The molecule has 1 saturated heterocycles. The summed E-state index contributed by atoms with van der Waals surface area (Å²) in [5.41, 5.74) is -1.40. The van der Waals surface area contributed by atoms with Crippen molar-refractivity contribution < 1.29 is 27.4 Å². The van der Waals surface area contributed by atoms with Gasteiger partial charge < -0.3 is 14.8 Å². The predicted octanol–water partition coefficient (Wildman–Crippen LogP) is 5.08. The SMILES string of the molecule is O=C1OC2(CCC(CNc3ccc(Oc4ccccc4C(F)(F)F)nn3)CC2)CN1c1cccnn1. The van der Waals surface area contributed by atoms with E-state index in [1.54, 1.807) is 24.4 Å². The Kier molecular flexibility index (Phi) is 6.33. The third-order valence-corrected chi connectivity index (χ3v) is 6.44. The third-order valence-electron chi connectivity index (χ3n) is 6.44. The number of nitrogens with zero attached hydrogens (tertiary/aromatic N) is 5. The maximum atomic E-state index is 13.1. The zero-order chi connectivity index (χ0) is 25.2. The summed E-state index contributed by atoms with van der Waals surface area (Å²) in [6.45, 7) is 1.10. The molecule has 2 aliphatic rings. The van der Waals surface area contributed by atoms with Gasteiger partial charge in [0.1, 0.15) is 17.2 Å². The minimum Gasteiger partial charge on any atom is -0.441 e. The number of aromatic nitrogens is 4. The average molecular weight is 500 g/mol. The van der Waals surface area contributed by atoms with Crippen LogP contribution in [0.1, 0.15) is 31.2 Å². The Morgan fingerprint density at radius 1 is 1.06 bits per heavy atom. The summed E-state index contributed by atoms with van der Waals surface area (Å²) in [4.78, 5) is 13.9. The number of rotatable bonds is 6. The summed E-state index contributed by atoms with van der Waals surface area (Å²) >= 11 is 0. The molecule has 1 aliphatic heterocycles. The van der Waals surface area contributed by atoms with Crippen molar-refractivity contribution in [1.82, 2.24) is 20.4 Å². The standard InChI is InChI=1S/C24H23F3N6O3/c25-24(26,27)17-4-1-2-5-18(17)35-21-8-7-19(30-32-21)28-14-16-9-11-23(12-10-16)15-33(22(34)36-23)20-6-3-13-29-31-20/h1-8,13,16H,9-12,14-15H2,(H,28,30). The van der Waals surface area contributed by atoms with Crippen molar-refractivity contribution in [2.75, 3.05) is 23.3 Å². The predicted molar refractivity (Wildman–Crippen MR) is 123 cm³/mol. The second-order valence-electron chi connectivity index (χ2n) is 8.90. The molecule has 0 radical (unpaired) electrons. The van der Waals surface area contributed by atoms with Gasteiger partial charge in [0.2, 0.25) is 5.88 Å². The first-order chi connectivity index (χ1) is 17.3. The molecule has 0 unspecified atom stereocenters. The van der Waals surface area contributed by atoms with E-state index < -0.39 is 23.4 Å². The Labute approximate surface area is 204 Å². The summed E-state index contributed by atoms with van der Waals surface area (Å²) in [5.74, 6) is 0.953. The van der Waals surface area contributed by atoms with Crippen molar-refractivity contribution in [3.8, 4) is 11.6 Å². The quantitative estimate of drug-likeness (QED) is 0.500. The van der Waals surface area contributed by atoms with Crippen LogP contribution in [-0.4, -0.2) is 45.2 Å². The first kappa shape index (κ1) is 23.8. The van der Waals surface area contributed by atoms with Crippen molar-refractivity contribution in [2.24, 2.45) is 5.92 Å². The molecule has 1 saturated carbocycles. The van der Waals surface area contributed by atoms with Crippen LogP contribution in [0.5, 0.6) is 11.6 Å². The average Bonchev–Trinajstić information content (AvgIpc) is 3.20. The third kappa shape index (κ3) is 5.16. The molecule has 2 aromatic heterocycles. The number of benzene rings is 1. The van der Waals surface area contributed by atoms with Gasteiger partial charge in [-0.3, -0.25) is 4.90 Å². The van der Waals surface area contributed by atoms with Crippen molar-refractivity contribution in [1.29, 1.82) is 0 Å². The van der Waals surface area contributed by atoms with Crippen LogP contribution in [0.25, 0.3) is 0 Å². The molecule has 1 aromatic carbocycles. The molecule has 5 rings (SSSR count). The monoisotopic (exact) mass is 500 g/mol. The van der Waals surface area contributed by atoms with E-state index >= 15 is 0 Å². The molecule has 3 heterocycles. The lowest BCUT2D eigenvalue weighted by Gasteiger charge is -2.35. The Morgan fingerprint density at radius 2 is 1.86 bits per heavy atom. The Morgan fingerprint density at radius 3 is 2.56 bits per heavy atom. The molecule has 12 heteroatoms. The van der Waals surface area contributed by atoms with Gasteiger partial charge in [-0.2, -0.15) is 18.3 Å². The maximum Gasteiger partial charge on any atom is 0.419 e. The fourth-order valence-corrected chi connectivity index (χ4v) is 4.53. The molecule has 2 fully saturated rings. The van der Waals surface area contributed by atoms with E-state index in [2.05, 4.69) is 25.7 Å². The molecular weight excluding hydrogens is 477 g/mol. The van der Waals surface area contributed by atoms with E-state index in [1.165, 1.54) is 29.2 Å². The van der Waals surface area contributed by atoms with Gasteiger partial charge in [-0.1, -0.05) is 12.1 Å². The lowest BCUT2D eigenvalue weighted by atomic mass is 9.78. The fourth-order valence-electron chi connectivity index (χ4n) is 4.53. The number of alkyl halides is 3. The molecule has 188 valence electrons. The van der Waals surface area contributed by atoms with Gasteiger partial charge in [-0.15, -0.1) is 15.3 Å². The fraction of sp³-hybridized carbons (Fsp3) is 0.375. The number of para-hydroxylation sites is 1. The summed E-state index contributed by atoms with van der Waals surface area (Å²) in [7, 11) is 0. The highest BCUT2D eigenvalue weighted by Crippen LogP contribution is 2.40. The van der Waals surface area contributed by atoms with E-state index in [4.69, 9.17) is 9.47 Å². The minimum absolute atomic E-state index is 0.0347. The number of halogens is 3. The maximum absolute atomic E-state index is 13.1. The van der Waals surface area contributed by atoms with Gasteiger partial charge in [0.05, 0.1) is 12.1 Å². The van der Waals surface area contributed by atoms with Gasteiger partial charge >= 0.3 is 12.3 Å². The minimum atomic E-state index is -4.53. The Balaban J connectivity index is 1.12. The molecule has 9 nitrogen and oxygen atoms in total. The van der Waals surface area contributed by atoms with Gasteiger partial charge in [0.25, 0.3) is 0 Å². The molecule has 1 N–H and O–H groups in total. The lowest BCUT2D eigenvalue weighted by Crippen LogP contribution is -2.39. The summed E-state index contributed by atoms with van der Waals surface area (Å²) in [6, 6.07) is 11.5. The number of nitrogens with one attached hydrogen (secondary N) is 1. The second kappa shape index (κ2) is 9.59. The van der Waals surface area contributed by atoms with Gasteiger partial charge in [-0.05, 0) is 61.9 Å². The number of hydrogen-bond donors (Lipinski definition) is 1. The van der Waals surface area contributed by atoms with E-state index in [0.29, 0.717) is 30.6 Å². The van der Waals surface area contributed by atoms with Gasteiger partial charge in [-0.25, -0.2) is 4.79 Å². The topological polar surface area (TPSA) is 102 Å². The molecule has 1 amide bonds. The van der Waals surface area contributed by atoms with Crippen LogP contribution < -0.4 is 15.0 Å². The molecule has 3 aromatic rings. The molecule has 0 atom stereocenters. The van der Waals surface area contributed by atoms with E-state index in [-0.39, 0.29) is 11.6 Å². The van der Waals surface area contributed by atoms with Crippen LogP contribution in [0.15, 0.2) is 54.7 Å². The first-order valence-electron chi connectivity index (χ1n) is 11.5. The zero-order valence-corrected chi connectivity index (χ0v) is 19.1. The van der Waals surface area contributed by atoms with Crippen LogP contribution in [0.4, 0.5) is 29.6 Å². The summed E-state index contributed by atoms with van der Waals surface area (Å²) in [6.07, 6.45) is -0.194. The van der Waals surface area contributed by atoms with E-state index in [0.717, 1.165) is 31.7 Å². The van der Waals surface area contributed by atoms with Crippen LogP contribution in [-0.2, 0) is 10.9 Å². The Hall–Kier alpha value is -3.96. The molecular formula is C24H23F3N6O3. The van der Waals surface area contributed by atoms with Crippen molar-refractivity contribution in [2.45, 2.75) is 37.5 Å². The summed E-state index contributed by atoms with van der Waals surface area (Å²) in [5, 5.41) is 19.0. The lowest BCUT2D eigenvalue weighted by molar-refractivity contribution is -0.138. The summed E-state index contributed by atoms with van der Waals surface area (Å²) < 4.78 is 50.5. The normalized spacial score (nSPS) is 21.9. The van der Waals surface area contributed by atoms with Gasteiger partial charge in [0, 0.05) is 18.8 Å². The van der Waals surface area contributed by atoms with Crippen LogP contribution in [0, 0.1) is 5.92 Å². The van der Waals surface area contributed by atoms with Crippen LogP contribution in [0.3, 0.4) is 0 Å². The highest BCUT2D eigenvalue weighted by atomic mass is 19.4. The number of carbonyl (C=O) groups excluding carboxylic acids is 1. The molecule has 1 aliphatic carbocycles. The van der Waals surface area contributed by atoms with E-state index in [9.17, 15) is 18.0 Å². The van der Waals surface area contributed by atoms with Gasteiger partial charge in [0.15, 0.2) is 5.82 Å². The number of ether oxygens (including phenoxy) is 2. The number of amides is 1. The van der Waals surface area contributed by atoms with Crippen molar-refractivity contribution in [3.05, 3.63) is 60.3 Å².